The van der Waals surface area contributed by atoms with Crippen LogP contribution in [0.1, 0.15) is 16.7 Å². The topological polar surface area (TPSA) is 61.9 Å². The lowest BCUT2D eigenvalue weighted by atomic mass is 10.1. The molecule has 0 atom stereocenters. The summed E-state index contributed by atoms with van der Waals surface area (Å²) < 4.78 is 13.8. The lowest BCUT2D eigenvalue weighted by Gasteiger charge is -2.24. The minimum Gasteiger partial charge on any atom is -0.409 e. The summed E-state index contributed by atoms with van der Waals surface area (Å²) in [5.74, 6) is -0.211. The van der Waals surface area contributed by atoms with Crippen molar-refractivity contribution in [2.24, 2.45) is 10.9 Å². The SMILES string of the molecule is Cc1cccc(/C(N)=N/O)c1N(C)Cc1ccccc1F. The van der Waals surface area contributed by atoms with E-state index in [0.29, 0.717) is 17.7 Å². The number of halogens is 1. The van der Waals surface area contributed by atoms with Gasteiger partial charge in [-0.1, -0.05) is 35.5 Å². The molecule has 2 aromatic rings. The molecule has 0 aliphatic carbocycles. The molecule has 2 rings (SSSR count). The monoisotopic (exact) mass is 287 g/mol. The van der Waals surface area contributed by atoms with Gasteiger partial charge in [0.25, 0.3) is 0 Å². The molecule has 2 aromatic carbocycles. The van der Waals surface area contributed by atoms with E-state index in [4.69, 9.17) is 10.9 Å². The molecule has 5 heteroatoms. The van der Waals surface area contributed by atoms with Crippen molar-refractivity contribution in [2.45, 2.75) is 13.5 Å². The van der Waals surface area contributed by atoms with Crippen LogP contribution in [-0.2, 0) is 6.54 Å². The van der Waals surface area contributed by atoms with Crippen LogP contribution < -0.4 is 10.6 Å². The number of aryl methyl sites for hydroxylation is 1. The van der Waals surface area contributed by atoms with E-state index in [1.165, 1.54) is 6.07 Å². The Kier molecular flexibility index (Phi) is 4.42. The molecule has 0 bridgehead atoms. The predicted molar refractivity (Wildman–Crippen MR) is 82.2 cm³/mol. The fourth-order valence-corrected chi connectivity index (χ4v) is 2.39. The van der Waals surface area contributed by atoms with Crippen LogP contribution in [0.2, 0.25) is 0 Å². The molecule has 0 spiro atoms. The number of benzene rings is 2. The molecule has 21 heavy (non-hydrogen) atoms. The normalized spacial score (nSPS) is 11.5. The highest BCUT2D eigenvalue weighted by Gasteiger charge is 2.15. The molecule has 0 aliphatic heterocycles. The van der Waals surface area contributed by atoms with Crippen molar-refractivity contribution in [3.63, 3.8) is 0 Å². The molecular weight excluding hydrogens is 269 g/mol. The minimum atomic E-state index is -0.247. The largest absolute Gasteiger partial charge is 0.409 e. The zero-order chi connectivity index (χ0) is 15.4. The Morgan fingerprint density at radius 1 is 1.24 bits per heavy atom. The molecule has 0 radical (unpaired) electrons. The Labute approximate surface area is 123 Å². The van der Waals surface area contributed by atoms with Crippen LogP contribution in [0.25, 0.3) is 0 Å². The van der Waals surface area contributed by atoms with Crippen molar-refractivity contribution in [1.82, 2.24) is 0 Å². The summed E-state index contributed by atoms with van der Waals surface area (Å²) in [5, 5.41) is 12.0. The highest BCUT2D eigenvalue weighted by atomic mass is 19.1. The first-order valence-corrected chi connectivity index (χ1v) is 6.56. The van der Waals surface area contributed by atoms with Gasteiger partial charge in [0.2, 0.25) is 0 Å². The second kappa shape index (κ2) is 6.26. The number of oxime groups is 1. The third-order valence-corrected chi connectivity index (χ3v) is 3.37. The van der Waals surface area contributed by atoms with E-state index < -0.39 is 0 Å². The van der Waals surface area contributed by atoms with Crippen molar-refractivity contribution in [3.05, 3.63) is 65.0 Å². The molecule has 110 valence electrons. The summed E-state index contributed by atoms with van der Waals surface area (Å²) >= 11 is 0. The molecule has 0 aromatic heterocycles. The van der Waals surface area contributed by atoms with Gasteiger partial charge in [-0.15, -0.1) is 0 Å². The maximum absolute atomic E-state index is 13.8. The lowest BCUT2D eigenvalue weighted by molar-refractivity contribution is 0.318. The highest BCUT2D eigenvalue weighted by molar-refractivity contribution is 6.02. The van der Waals surface area contributed by atoms with Crippen molar-refractivity contribution >= 4 is 11.5 Å². The Bertz CT molecular complexity index is 670. The van der Waals surface area contributed by atoms with Crippen LogP contribution in [-0.4, -0.2) is 18.1 Å². The Morgan fingerprint density at radius 3 is 2.62 bits per heavy atom. The van der Waals surface area contributed by atoms with Crippen molar-refractivity contribution in [1.29, 1.82) is 0 Å². The molecule has 0 saturated carbocycles. The van der Waals surface area contributed by atoms with E-state index in [1.807, 2.05) is 31.0 Å². The summed E-state index contributed by atoms with van der Waals surface area (Å²) in [7, 11) is 1.85. The fraction of sp³-hybridized carbons (Fsp3) is 0.188. The number of para-hydroxylation sites is 1. The quantitative estimate of drug-likeness (QED) is 0.393. The zero-order valence-corrected chi connectivity index (χ0v) is 12.0. The van der Waals surface area contributed by atoms with Crippen molar-refractivity contribution in [3.8, 4) is 0 Å². The van der Waals surface area contributed by atoms with Gasteiger partial charge in [-0.2, -0.15) is 0 Å². The molecule has 0 unspecified atom stereocenters. The van der Waals surface area contributed by atoms with Gasteiger partial charge in [0.1, 0.15) is 5.82 Å². The predicted octanol–water partition coefficient (Wildman–Crippen LogP) is 2.87. The van der Waals surface area contributed by atoms with E-state index in [-0.39, 0.29) is 11.7 Å². The molecule has 0 saturated heterocycles. The maximum atomic E-state index is 13.8. The molecule has 3 N–H and O–H groups in total. The first kappa shape index (κ1) is 14.8. The van der Waals surface area contributed by atoms with Gasteiger partial charge in [0.05, 0.1) is 5.69 Å². The number of hydrogen-bond donors (Lipinski definition) is 2. The Hall–Kier alpha value is -2.56. The van der Waals surface area contributed by atoms with E-state index in [0.717, 1.165) is 11.3 Å². The second-order valence-electron chi connectivity index (χ2n) is 4.90. The molecule has 0 fully saturated rings. The van der Waals surface area contributed by atoms with E-state index in [2.05, 4.69) is 5.16 Å². The number of amidine groups is 1. The van der Waals surface area contributed by atoms with Crippen LogP contribution in [0.5, 0.6) is 0 Å². The first-order chi connectivity index (χ1) is 10.0. The number of anilines is 1. The average molecular weight is 287 g/mol. The summed E-state index contributed by atoms with van der Waals surface area (Å²) in [6.07, 6.45) is 0. The van der Waals surface area contributed by atoms with Crippen molar-refractivity contribution < 1.29 is 9.60 Å². The van der Waals surface area contributed by atoms with E-state index in [1.54, 1.807) is 24.3 Å². The van der Waals surface area contributed by atoms with Gasteiger partial charge in [0, 0.05) is 24.7 Å². The number of nitrogens with two attached hydrogens (primary N) is 1. The highest BCUT2D eigenvalue weighted by Crippen LogP contribution is 2.26. The van der Waals surface area contributed by atoms with Gasteiger partial charge in [-0.05, 0) is 24.6 Å². The van der Waals surface area contributed by atoms with Gasteiger partial charge in [0.15, 0.2) is 5.84 Å². The van der Waals surface area contributed by atoms with Crippen LogP contribution in [0.15, 0.2) is 47.6 Å². The van der Waals surface area contributed by atoms with E-state index >= 15 is 0 Å². The van der Waals surface area contributed by atoms with Crippen molar-refractivity contribution in [2.75, 3.05) is 11.9 Å². The summed E-state index contributed by atoms with van der Waals surface area (Å²) in [6.45, 7) is 2.32. The third kappa shape index (κ3) is 3.13. The van der Waals surface area contributed by atoms with Crippen LogP contribution >= 0.6 is 0 Å². The zero-order valence-electron chi connectivity index (χ0n) is 12.0. The minimum absolute atomic E-state index is 0.0362. The maximum Gasteiger partial charge on any atom is 0.172 e. The molecule has 4 nitrogen and oxygen atoms in total. The van der Waals surface area contributed by atoms with E-state index in [9.17, 15) is 4.39 Å². The second-order valence-corrected chi connectivity index (χ2v) is 4.90. The smallest absolute Gasteiger partial charge is 0.172 e. The first-order valence-electron chi connectivity index (χ1n) is 6.56. The van der Waals surface area contributed by atoms with Crippen LogP contribution in [0, 0.1) is 12.7 Å². The standard InChI is InChI=1S/C16H18FN3O/c1-11-6-5-8-13(16(18)19-21)15(11)20(2)10-12-7-3-4-9-14(12)17/h3-9,21H,10H2,1-2H3,(H2,18,19). The van der Waals surface area contributed by atoms with Gasteiger partial charge in [-0.3, -0.25) is 0 Å². The molecular formula is C16H18FN3O. The number of rotatable bonds is 4. The summed E-state index contributed by atoms with van der Waals surface area (Å²) in [5.41, 5.74) is 8.72. The summed E-state index contributed by atoms with van der Waals surface area (Å²) in [6, 6.07) is 12.2. The van der Waals surface area contributed by atoms with Gasteiger partial charge >= 0.3 is 0 Å². The fourth-order valence-electron chi connectivity index (χ4n) is 2.39. The lowest BCUT2D eigenvalue weighted by Crippen LogP contribution is -2.24. The van der Waals surface area contributed by atoms with Crippen LogP contribution in [0.3, 0.4) is 0 Å². The third-order valence-electron chi connectivity index (χ3n) is 3.37. The molecule has 0 amide bonds. The molecule has 0 heterocycles. The van der Waals surface area contributed by atoms with Crippen LogP contribution in [0.4, 0.5) is 10.1 Å². The molecule has 0 aliphatic rings. The number of hydrogen-bond acceptors (Lipinski definition) is 3. The Morgan fingerprint density at radius 2 is 1.95 bits per heavy atom. The number of nitrogens with zero attached hydrogens (tertiary/aromatic N) is 2. The average Bonchev–Trinajstić information content (AvgIpc) is 2.48. The van der Waals surface area contributed by atoms with Gasteiger partial charge < -0.3 is 15.8 Å². The Balaban J connectivity index is 2.40. The summed E-state index contributed by atoms with van der Waals surface area (Å²) in [4.78, 5) is 1.89. The van der Waals surface area contributed by atoms with Gasteiger partial charge in [-0.25, -0.2) is 4.39 Å².